The Balaban J connectivity index is 1.42. The maximum absolute atomic E-state index is 12.5. The van der Waals surface area contributed by atoms with Crippen LogP contribution in [0, 0.1) is 17.8 Å². The molecular weight excluding hydrogens is 384 g/mol. The van der Waals surface area contributed by atoms with Gasteiger partial charge in [0.1, 0.15) is 6.10 Å². The van der Waals surface area contributed by atoms with Crippen molar-refractivity contribution in [3.8, 4) is 11.5 Å². The number of aromatic hydroxyl groups is 1. The van der Waals surface area contributed by atoms with E-state index in [9.17, 15) is 14.7 Å². The van der Waals surface area contributed by atoms with E-state index in [1.165, 1.54) is 13.5 Å². The normalized spacial score (nSPS) is 24.9. The second-order valence-electron chi connectivity index (χ2n) is 8.91. The molecule has 2 amide bonds. The molecule has 2 aliphatic rings. The number of rotatable bonds is 5. The first-order valence-electron chi connectivity index (χ1n) is 10.9. The van der Waals surface area contributed by atoms with Gasteiger partial charge in [0.2, 0.25) is 5.91 Å². The first kappa shape index (κ1) is 22.2. The third-order valence-electron chi connectivity index (χ3n) is 6.24. The molecule has 2 fully saturated rings. The first-order chi connectivity index (χ1) is 14.4. The van der Waals surface area contributed by atoms with Crippen molar-refractivity contribution in [3.63, 3.8) is 0 Å². The van der Waals surface area contributed by atoms with Gasteiger partial charge in [-0.2, -0.15) is 0 Å². The summed E-state index contributed by atoms with van der Waals surface area (Å²) in [4.78, 5) is 26.8. The zero-order valence-electron chi connectivity index (χ0n) is 18.2. The Morgan fingerprint density at radius 2 is 1.80 bits per heavy atom. The van der Waals surface area contributed by atoms with Crippen molar-refractivity contribution >= 4 is 12.0 Å². The number of phenolic OH excluding ortho intramolecular Hbond substituents is 1. The van der Waals surface area contributed by atoms with E-state index in [1.54, 1.807) is 23.1 Å². The molecule has 7 heteroatoms. The predicted molar refractivity (Wildman–Crippen MR) is 113 cm³/mol. The smallest absolute Gasteiger partial charge is 0.410 e. The summed E-state index contributed by atoms with van der Waals surface area (Å²) in [6, 6.07) is 5.02. The summed E-state index contributed by atoms with van der Waals surface area (Å²) in [7, 11) is 1.49. The van der Waals surface area contributed by atoms with Crippen LogP contribution >= 0.6 is 0 Å². The highest BCUT2D eigenvalue weighted by Gasteiger charge is 2.31. The van der Waals surface area contributed by atoms with Crippen LogP contribution in [0.5, 0.6) is 11.5 Å². The van der Waals surface area contributed by atoms with Crippen molar-refractivity contribution in [2.75, 3.05) is 20.2 Å². The maximum atomic E-state index is 12.5. The lowest BCUT2D eigenvalue weighted by molar-refractivity contribution is -0.126. The average molecular weight is 419 g/mol. The quantitative estimate of drug-likeness (QED) is 0.761. The van der Waals surface area contributed by atoms with Gasteiger partial charge in [0.25, 0.3) is 0 Å². The monoisotopic (exact) mass is 418 g/mol. The third-order valence-corrected chi connectivity index (χ3v) is 6.24. The lowest BCUT2D eigenvalue weighted by atomic mass is 9.82. The number of amides is 2. The SMILES string of the molecule is COc1cc(CNC(=O)C2CCN(C(=O)OC3CC(C)CC(C)C3)CC2)ccc1O. The molecule has 166 valence electrons. The lowest BCUT2D eigenvalue weighted by Gasteiger charge is -2.35. The topological polar surface area (TPSA) is 88.1 Å². The molecule has 0 radical (unpaired) electrons. The second-order valence-corrected chi connectivity index (χ2v) is 8.91. The number of carbonyl (C=O) groups is 2. The number of benzene rings is 1. The van der Waals surface area contributed by atoms with Crippen LogP contribution in [0.15, 0.2) is 18.2 Å². The van der Waals surface area contributed by atoms with E-state index in [1.807, 2.05) is 0 Å². The fourth-order valence-electron chi connectivity index (χ4n) is 4.68. The molecule has 1 saturated carbocycles. The first-order valence-corrected chi connectivity index (χ1v) is 10.9. The molecule has 1 aliphatic carbocycles. The third kappa shape index (κ3) is 5.80. The van der Waals surface area contributed by atoms with Crippen LogP contribution < -0.4 is 10.1 Å². The number of likely N-dealkylation sites (tertiary alicyclic amines) is 1. The number of carbonyl (C=O) groups excluding carboxylic acids is 2. The molecule has 2 N–H and O–H groups in total. The number of phenols is 1. The van der Waals surface area contributed by atoms with Gasteiger partial charge in [-0.05, 0) is 61.6 Å². The van der Waals surface area contributed by atoms with Crippen LogP contribution in [-0.4, -0.2) is 48.3 Å². The van der Waals surface area contributed by atoms with Gasteiger partial charge in [-0.1, -0.05) is 19.9 Å². The second kappa shape index (κ2) is 10.0. The molecule has 0 aromatic heterocycles. The van der Waals surface area contributed by atoms with Crippen molar-refractivity contribution in [2.45, 2.75) is 58.6 Å². The van der Waals surface area contributed by atoms with Crippen LogP contribution in [0.1, 0.15) is 51.5 Å². The molecular formula is C23H34N2O5. The molecule has 1 saturated heterocycles. The molecule has 2 atom stereocenters. The van der Waals surface area contributed by atoms with Crippen molar-refractivity contribution in [1.29, 1.82) is 0 Å². The number of nitrogens with one attached hydrogen (secondary N) is 1. The van der Waals surface area contributed by atoms with E-state index in [0.717, 1.165) is 18.4 Å². The molecule has 0 spiro atoms. The van der Waals surface area contributed by atoms with Gasteiger partial charge >= 0.3 is 6.09 Å². The minimum Gasteiger partial charge on any atom is -0.504 e. The van der Waals surface area contributed by atoms with Crippen LogP contribution in [0.25, 0.3) is 0 Å². The molecule has 7 nitrogen and oxygen atoms in total. The Bertz CT molecular complexity index is 735. The maximum Gasteiger partial charge on any atom is 0.410 e. The van der Waals surface area contributed by atoms with Crippen LogP contribution in [0.3, 0.4) is 0 Å². The van der Waals surface area contributed by atoms with Gasteiger partial charge in [0, 0.05) is 25.6 Å². The van der Waals surface area contributed by atoms with E-state index in [4.69, 9.17) is 9.47 Å². The summed E-state index contributed by atoms with van der Waals surface area (Å²) in [5.74, 6) is 1.52. The minimum atomic E-state index is -0.239. The van der Waals surface area contributed by atoms with E-state index in [2.05, 4.69) is 19.2 Å². The Morgan fingerprint density at radius 1 is 1.13 bits per heavy atom. The van der Waals surface area contributed by atoms with Crippen molar-refractivity contribution in [1.82, 2.24) is 10.2 Å². The fraction of sp³-hybridized carbons (Fsp3) is 0.652. The molecule has 30 heavy (non-hydrogen) atoms. The number of ether oxygens (including phenoxy) is 2. The van der Waals surface area contributed by atoms with Crippen molar-refractivity contribution in [2.24, 2.45) is 17.8 Å². The summed E-state index contributed by atoms with van der Waals surface area (Å²) in [6.07, 6.45) is 4.13. The molecule has 1 aromatic rings. The number of hydrogen-bond donors (Lipinski definition) is 2. The summed E-state index contributed by atoms with van der Waals surface area (Å²) < 4.78 is 10.9. The Hall–Kier alpha value is -2.44. The van der Waals surface area contributed by atoms with Crippen molar-refractivity contribution in [3.05, 3.63) is 23.8 Å². The number of methoxy groups -OCH3 is 1. The van der Waals surface area contributed by atoms with Crippen LogP contribution in [0.2, 0.25) is 0 Å². The molecule has 0 bridgehead atoms. The highest BCUT2D eigenvalue weighted by molar-refractivity contribution is 5.79. The predicted octanol–water partition coefficient (Wildman–Crippen LogP) is 3.69. The largest absolute Gasteiger partial charge is 0.504 e. The van der Waals surface area contributed by atoms with E-state index < -0.39 is 0 Å². The van der Waals surface area contributed by atoms with Gasteiger partial charge in [-0.15, -0.1) is 0 Å². The standard InChI is InChI=1S/C23H34N2O5/c1-15-10-16(2)12-19(11-15)30-23(28)25-8-6-18(7-9-25)22(27)24-14-17-4-5-20(26)21(13-17)29-3/h4-5,13,15-16,18-19,26H,6-12,14H2,1-3H3,(H,24,27). The van der Waals surface area contributed by atoms with E-state index in [-0.39, 0.29) is 29.8 Å². The number of piperidine rings is 1. The van der Waals surface area contributed by atoms with Crippen LogP contribution in [-0.2, 0) is 16.1 Å². The Kier molecular flexibility index (Phi) is 7.45. The Morgan fingerprint density at radius 3 is 2.43 bits per heavy atom. The lowest BCUT2D eigenvalue weighted by Crippen LogP contribution is -2.44. The van der Waals surface area contributed by atoms with Gasteiger partial charge in [0.15, 0.2) is 11.5 Å². The van der Waals surface area contributed by atoms with Gasteiger partial charge in [-0.25, -0.2) is 4.79 Å². The molecule has 1 heterocycles. The summed E-state index contributed by atoms with van der Waals surface area (Å²) in [5.41, 5.74) is 0.856. The van der Waals surface area contributed by atoms with Crippen LogP contribution in [0.4, 0.5) is 4.79 Å². The zero-order valence-corrected chi connectivity index (χ0v) is 18.2. The highest BCUT2D eigenvalue weighted by atomic mass is 16.6. The molecule has 3 rings (SSSR count). The minimum absolute atomic E-state index is 0.00927. The highest BCUT2D eigenvalue weighted by Crippen LogP contribution is 2.31. The fourth-order valence-corrected chi connectivity index (χ4v) is 4.68. The summed E-state index contributed by atoms with van der Waals surface area (Å²) in [5, 5.41) is 12.6. The van der Waals surface area contributed by atoms with E-state index >= 15 is 0 Å². The van der Waals surface area contributed by atoms with Crippen molar-refractivity contribution < 1.29 is 24.2 Å². The van der Waals surface area contributed by atoms with Gasteiger partial charge in [-0.3, -0.25) is 4.79 Å². The number of hydrogen-bond acceptors (Lipinski definition) is 5. The molecule has 1 aromatic carbocycles. The molecule has 1 aliphatic heterocycles. The van der Waals surface area contributed by atoms with E-state index in [0.29, 0.717) is 50.1 Å². The Labute approximate surface area is 178 Å². The van der Waals surface area contributed by atoms with Gasteiger partial charge in [0.05, 0.1) is 7.11 Å². The number of nitrogens with zero attached hydrogens (tertiary/aromatic N) is 1. The molecule has 2 unspecified atom stereocenters. The summed E-state index contributed by atoms with van der Waals surface area (Å²) in [6.45, 7) is 5.89. The zero-order chi connectivity index (χ0) is 21.7. The van der Waals surface area contributed by atoms with Gasteiger partial charge < -0.3 is 24.8 Å². The average Bonchev–Trinajstić information content (AvgIpc) is 2.72. The summed E-state index contributed by atoms with van der Waals surface area (Å²) >= 11 is 0.